The van der Waals surface area contributed by atoms with E-state index in [2.05, 4.69) is 36.5 Å². The van der Waals surface area contributed by atoms with Gasteiger partial charge in [-0.2, -0.15) is 0 Å². The molecule has 2 aliphatic rings. The number of ether oxygens (including phenoxy) is 1. The van der Waals surface area contributed by atoms with Crippen molar-refractivity contribution in [3.63, 3.8) is 0 Å². The summed E-state index contributed by atoms with van der Waals surface area (Å²) in [4.78, 5) is 40.1. The first-order valence-electron chi connectivity index (χ1n) is 10.6. The van der Waals surface area contributed by atoms with Crippen molar-refractivity contribution in [1.29, 1.82) is 0 Å². The van der Waals surface area contributed by atoms with Gasteiger partial charge in [-0.05, 0) is 50.7 Å². The fourth-order valence-corrected chi connectivity index (χ4v) is 4.83. The highest BCUT2D eigenvalue weighted by molar-refractivity contribution is 7.99. The lowest BCUT2D eigenvalue weighted by Gasteiger charge is -2.25. The molecule has 0 aromatic heterocycles. The molecule has 0 spiro atoms. The quantitative estimate of drug-likeness (QED) is 0.635. The SMILES string of the molecule is CCc1ccc(C2CC2C(=O)C(C(=O)CNC(=O)OC(C)(C)C)N2CCSC2)cc1. The number of carbonyl (C=O) groups excluding carboxylic acids is 3. The average molecular weight is 433 g/mol. The number of carbonyl (C=O) groups is 3. The lowest BCUT2D eigenvalue weighted by atomic mass is 9.98. The first kappa shape index (κ1) is 22.8. The minimum absolute atomic E-state index is 0.0157. The topological polar surface area (TPSA) is 75.7 Å². The summed E-state index contributed by atoms with van der Waals surface area (Å²) in [5, 5.41) is 2.52. The van der Waals surface area contributed by atoms with Crippen LogP contribution in [0.3, 0.4) is 0 Å². The van der Waals surface area contributed by atoms with Gasteiger partial charge in [0, 0.05) is 24.1 Å². The van der Waals surface area contributed by atoms with E-state index in [4.69, 9.17) is 4.74 Å². The van der Waals surface area contributed by atoms with Gasteiger partial charge in [0.05, 0.1) is 6.54 Å². The molecule has 2 fully saturated rings. The highest BCUT2D eigenvalue weighted by Gasteiger charge is 2.49. The van der Waals surface area contributed by atoms with Gasteiger partial charge in [-0.25, -0.2) is 4.79 Å². The van der Waals surface area contributed by atoms with E-state index >= 15 is 0 Å². The zero-order valence-corrected chi connectivity index (χ0v) is 19.1. The molecule has 3 unspecified atom stereocenters. The maximum atomic E-state index is 13.3. The molecular weight excluding hydrogens is 400 g/mol. The summed E-state index contributed by atoms with van der Waals surface area (Å²) in [6.07, 6.45) is 1.13. The lowest BCUT2D eigenvalue weighted by molar-refractivity contribution is -0.134. The van der Waals surface area contributed by atoms with Gasteiger partial charge in [0.1, 0.15) is 11.6 Å². The van der Waals surface area contributed by atoms with Gasteiger partial charge in [-0.3, -0.25) is 14.5 Å². The summed E-state index contributed by atoms with van der Waals surface area (Å²) in [5.74, 6) is 1.35. The molecule has 1 saturated heterocycles. The van der Waals surface area contributed by atoms with Crippen molar-refractivity contribution in [2.75, 3.05) is 24.7 Å². The van der Waals surface area contributed by atoms with E-state index in [1.54, 1.807) is 32.5 Å². The minimum Gasteiger partial charge on any atom is -0.444 e. The number of Topliss-reactive ketones (excluding diaryl/α,β-unsaturated/α-hetero) is 2. The molecule has 6 nitrogen and oxygen atoms in total. The van der Waals surface area contributed by atoms with Gasteiger partial charge in [0.15, 0.2) is 11.6 Å². The molecule has 0 bridgehead atoms. The van der Waals surface area contributed by atoms with Gasteiger partial charge in [0.2, 0.25) is 0 Å². The molecule has 1 aliphatic heterocycles. The normalized spacial score (nSPS) is 22.4. The highest BCUT2D eigenvalue weighted by Crippen LogP contribution is 2.49. The van der Waals surface area contributed by atoms with Crippen molar-refractivity contribution < 1.29 is 19.1 Å². The van der Waals surface area contributed by atoms with Gasteiger partial charge in [-0.1, -0.05) is 31.2 Å². The molecule has 0 radical (unpaired) electrons. The van der Waals surface area contributed by atoms with Crippen molar-refractivity contribution in [1.82, 2.24) is 10.2 Å². The van der Waals surface area contributed by atoms with Gasteiger partial charge < -0.3 is 10.1 Å². The van der Waals surface area contributed by atoms with E-state index in [1.807, 2.05) is 4.90 Å². The molecule has 1 N–H and O–H groups in total. The van der Waals surface area contributed by atoms with Crippen LogP contribution in [0.5, 0.6) is 0 Å². The minimum atomic E-state index is -0.792. The Hall–Kier alpha value is -1.86. The molecule has 1 amide bonds. The molecule has 3 rings (SSSR count). The third kappa shape index (κ3) is 5.85. The molecule has 3 atom stereocenters. The van der Waals surface area contributed by atoms with Crippen LogP contribution in [-0.4, -0.2) is 58.9 Å². The van der Waals surface area contributed by atoms with E-state index in [0.717, 1.165) is 18.6 Å². The fourth-order valence-electron chi connectivity index (χ4n) is 3.83. The van der Waals surface area contributed by atoms with Crippen molar-refractivity contribution in [3.05, 3.63) is 35.4 Å². The Morgan fingerprint density at radius 2 is 1.93 bits per heavy atom. The number of ketones is 2. The van der Waals surface area contributed by atoms with Gasteiger partial charge in [0.25, 0.3) is 0 Å². The average Bonchev–Trinajstić information content (AvgIpc) is 3.32. The summed E-state index contributed by atoms with van der Waals surface area (Å²) in [7, 11) is 0. The number of rotatable bonds is 8. The second kappa shape index (κ2) is 9.52. The Morgan fingerprint density at radius 1 is 1.23 bits per heavy atom. The molecule has 1 heterocycles. The first-order valence-corrected chi connectivity index (χ1v) is 11.8. The first-order chi connectivity index (χ1) is 14.2. The predicted molar refractivity (Wildman–Crippen MR) is 119 cm³/mol. The standard InChI is InChI=1S/C23H32N2O4S/c1-5-15-6-8-16(9-7-15)17-12-18(17)21(27)20(25-10-11-30-14-25)19(26)13-24-22(28)29-23(2,3)4/h6-9,17-18,20H,5,10-14H2,1-4H3,(H,24,28). The van der Waals surface area contributed by atoms with E-state index in [9.17, 15) is 14.4 Å². The number of aryl methyl sites for hydroxylation is 1. The highest BCUT2D eigenvalue weighted by atomic mass is 32.2. The molecule has 30 heavy (non-hydrogen) atoms. The summed E-state index contributed by atoms with van der Waals surface area (Å²) in [6, 6.07) is 7.63. The van der Waals surface area contributed by atoms with Crippen LogP contribution < -0.4 is 5.32 Å². The van der Waals surface area contributed by atoms with Crippen LogP contribution in [-0.2, 0) is 20.7 Å². The molecule has 164 valence electrons. The van der Waals surface area contributed by atoms with Gasteiger partial charge in [-0.15, -0.1) is 11.8 Å². The third-order valence-corrected chi connectivity index (χ3v) is 6.48. The van der Waals surface area contributed by atoms with Crippen molar-refractivity contribution >= 4 is 29.4 Å². The van der Waals surface area contributed by atoms with E-state index in [1.165, 1.54) is 11.1 Å². The number of hydrogen-bond acceptors (Lipinski definition) is 6. The van der Waals surface area contributed by atoms with E-state index in [-0.39, 0.29) is 29.9 Å². The van der Waals surface area contributed by atoms with Crippen LogP contribution in [0.4, 0.5) is 4.79 Å². The number of nitrogens with one attached hydrogen (secondary N) is 1. The second-order valence-corrected chi connectivity index (χ2v) is 10.1. The Bertz CT molecular complexity index is 781. The van der Waals surface area contributed by atoms with Crippen molar-refractivity contribution in [2.45, 2.75) is 58.1 Å². The number of hydrogen-bond donors (Lipinski definition) is 1. The number of benzene rings is 1. The third-order valence-electron chi connectivity index (χ3n) is 5.50. The zero-order chi connectivity index (χ0) is 21.9. The van der Waals surface area contributed by atoms with Crippen LogP contribution in [0.25, 0.3) is 0 Å². The summed E-state index contributed by atoms with van der Waals surface area (Å²) in [5.41, 5.74) is 1.81. The summed E-state index contributed by atoms with van der Waals surface area (Å²) >= 11 is 1.72. The Labute approximate surface area is 183 Å². The fraction of sp³-hybridized carbons (Fsp3) is 0.609. The molecule has 1 aliphatic carbocycles. The predicted octanol–water partition coefficient (Wildman–Crippen LogP) is 3.39. The summed E-state index contributed by atoms with van der Waals surface area (Å²) < 4.78 is 5.20. The second-order valence-electron chi connectivity index (χ2n) is 9.02. The van der Waals surface area contributed by atoms with Crippen LogP contribution in [0.15, 0.2) is 24.3 Å². The molecule has 7 heteroatoms. The monoisotopic (exact) mass is 432 g/mol. The molecule has 1 aromatic rings. The molecule has 1 saturated carbocycles. The van der Waals surface area contributed by atoms with E-state index in [0.29, 0.717) is 12.4 Å². The Morgan fingerprint density at radius 3 is 2.50 bits per heavy atom. The lowest BCUT2D eigenvalue weighted by Crippen LogP contribution is -2.50. The molecular formula is C23H32N2O4S. The van der Waals surface area contributed by atoms with Crippen LogP contribution in [0.2, 0.25) is 0 Å². The van der Waals surface area contributed by atoms with Gasteiger partial charge >= 0.3 is 6.09 Å². The Balaban J connectivity index is 1.64. The zero-order valence-electron chi connectivity index (χ0n) is 18.3. The number of alkyl carbamates (subject to hydrolysis) is 1. The van der Waals surface area contributed by atoms with Crippen LogP contribution in [0.1, 0.15) is 51.2 Å². The van der Waals surface area contributed by atoms with E-state index < -0.39 is 17.7 Å². The maximum absolute atomic E-state index is 13.3. The smallest absolute Gasteiger partial charge is 0.408 e. The van der Waals surface area contributed by atoms with Crippen molar-refractivity contribution in [2.24, 2.45) is 5.92 Å². The number of thioether (sulfide) groups is 1. The van der Waals surface area contributed by atoms with Crippen LogP contribution >= 0.6 is 11.8 Å². The molecule has 1 aromatic carbocycles. The largest absolute Gasteiger partial charge is 0.444 e. The Kier molecular flexibility index (Phi) is 7.24. The maximum Gasteiger partial charge on any atom is 0.408 e. The summed E-state index contributed by atoms with van der Waals surface area (Å²) in [6.45, 7) is 7.93. The number of amides is 1. The van der Waals surface area contributed by atoms with Crippen molar-refractivity contribution in [3.8, 4) is 0 Å². The number of nitrogens with zero attached hydrogens (tertiary/aromatic N) is 1. The van der Waals surface area contributed by atoms with Crippen LogP contribution in [0, 0.1) is 5.92 Å².